The summed E-state index contributed by atoms with van der Waals surface area (Å²) < 4.78 is 26.8. The predicted molar refractivity (Wildman–Crippen MR) is 70.7 cm³/mol. The fourth-order valence-electron chi connectivity index (χ4n) is 2.08. The van der Waals surface area contributed by atoms with Crippen LogP contribution in [-0.4, -0.2) is 11.5 Å². The van der Waals surface area contributed by atoms with Gasteiger partial charge in [-0.05, 0) is 36.7 Å². The van der Waals surface area contributed by atoms with Gasteiger partial charge >= 0.3 is 0 Å². The van der Waals surface area contributed by atoms with Gasteiger partial charge in [-0.15, -0.1) is 0 Å². The van der Waals surface area contributed by atoms with E-state index in [0.29, 0.717) is 18.5 Å². The predicted octanol–water partition coefficient (Wildman–Crippen LogP) is 3.25. The van der Waals surface area contributed by atoms with Crippen LogP contribution in [0.2, 0.25) is 0 Å². The lowest BCUT2D eigenvalue weighted by Crippen LogP contribution is -2.24. The number of likely N-dealkylation sites (N-methyl/N-ethyl adjacent to an activating group) is 1. The molecule has 0 saturated heterocycles. The van der Waals surface area contributed by atoms with Crippen LogP contribution in [0.25, 0.3) is 0 Å². The minimum absolute atomic E-state index is 0.173. The highest BCUT2D eigenvalue weighted by molar-refractivity contribution is 5.25. The van der Waals surface area contributed by atoms with E-state index in [1.807, 2.05) is 19.1 Å². The number of rotatable bonds is 5. The minimum atomic E-state index is -0.555. The van der Waals surface area contributed by atoms with E-state index in [9.17, 15) is 8.78 Å². The van der Waals surface area contributed by atoms with E-state index in [-0.39, 0.29) is 6.04 Å². The van der Waals surface area contributed by atoms with Crippen LogP contribution in [0.15, 0.2) is 42.7 Å². The molecule has 0 radical (unpaired) electrons. The van der Waals surface area contributed by atoms with Gasteiger partial charge < -0.3 is 5.32 Å². The Morgan fingerprint density at radius 3 is 2.53 bits per heavy atom. The number of nitrogens with zero attached hydrogens (tertiary/aromatic N) is 1. The van der Waals surface area contributed by atoms with Gasteiger partial charge in [0.15, 0.2) is 0 Å². The molecule has 0 spiro atoms. The Bertz CT molecular complexity index is 529. The Morgan fingerprint density at radius 1 is 1.16 bits per heavy atom. The molecular weight excluding hydrogens is 246 g/mol. The van der Waals surface area contributed by atoms with Crippen molar-refractivity contribution in [3.8, 4) is 0 Å². The molecule has 0 bridgehead atoms. The third-order valence-corrected chi connectivity index (χ3v) is 2.98. The molecule has 0 saturated carbocycles. The smallest absolute Gasteiger partial charge is 0.130 e. The Morgan fingerprint density at radius 2 is 1.89 bits per heavy atom. The summed E-state index contributed by atoms with van der Waals surface area (Å²) >= 11 is 0. The van der Waals surface area contributed by atoms with Crippen molar-refractivity contribution >= 4 is 0 Å². The fraction of sp³-hybridized carbons (Fsp3) is 0.267. The maximum Gasteiger partial charge on any atom is 0.130 e. The minimum Gasteiger partial charge on any atom is -0.310 e. The second kappa shape index (κ2) is 6.38. The molecule has 1 unspecified atom stereocenters. The van der Waals surface area contributed by atoms with Gasteiger partial charge in [-0.1, -0.05) is 13.0 Å². The summed E-state index contributed by atoms with van der Waals surface area (Å²) in [6.45, 7) is 2.67. The molecule has 1 aromatic heterocycles. The number of aromatic nitrogens is 1. The normalized spacial score (nSPS) is 12.4. The van der Waals surface area contributed by atoms with Gasteiger partial charge in [-0.2, -0.15) is 0 Å². The second-order valence-electron chi connectivity index (χ2n) is 4.34. The number of nitrogens with one attached hydrogen (secondary N) is 1. The number of hydrogen-bond acceptors (Lipinski definition) is 2. The molecule has 19 heavy (non-hydrogen) atoms. The zero-order chi connectivity index (χ0) is 13.7. The molecule has 0 aliphatic rings. The Kier molecular flexibility index (Phi) is 4.58. The summed E-state index contributed by atoms with van der Waals surface area (Å²) in [6.07, 6.45) is 4.05. The molecule has 100 valence electrons. The molecule has 0 aliphatic heterocycles. The number of halogens is 2. The van der Waals surface area contributed by atoms with Crippen LogP contribution >= 0.6 is 0 Å². The van der Waals surface area contributed by atoms with Crippen molar-refractivity contribution in [2.24, 2.45) is 0 Å². The lowest BCUT2D eigenvalue weighted by molar-refractivity contribution is 0.502. The molecule has 1 N–H and O–H groups in total. The maximum atomic E-state index is 13.8. The highest BCUT2D eigenvalue weighted by Gasteiger charge is 2.15. The van der Waals surface area contributed by atoms with Gasteiger partial charge in [-0.3, -0.25) is 4.98 Å². The van der Waals surface area contributed by atoms with Crippen LogP contribution in [0.1, 0.15) is 24.1 Å². The second-order valence-corrected chi connectivity index (χ2v) is 4.34. The lowest BCUT2D eigenvalue weighted by atomic mass is 9.99. The first-order chi connectivity index (χ1) is 9.20. The first-order valence-corrected chi connectivity index (χ1v) is 6.28. The van der Waals surface area contributed by atoms with Crippen molar-refractivity contribution in [3.63, 3.8) is 0 Å². The van der Waals surface area contributed by atoms with Gasteiger partial charge in [0.1, 0.15) is 11.6 Å². The molecular formula is C15H16F2N2. The van der Waals surface area contributed by atoms with E-state index in [2.05, 4.69) is 10.3 Å². The van der Waals surface area contributed by atoms with Crippen molar-refractivity contribution in [3.05, 3.63) is 65.5 Å². The first-order valence-electron chi connectivity index (χ1n) is 6.28. The Hall–Kier alpha value is -1.81. The average Bonchev–Trinajstić information content (AvgIpc) is 2.39. The summed E-state index contributed by atoms with van der Waals surface area (Å²) in [5.41, 5.74) is 1.55. The lowest BCUT2D eigenvalue weighted by Gasteiger charge is -2.19. The summed E-state index contributed by atoms with van der Waals surface area (Å²) in [7, 11) is 0. The van der Waals surface area contributed by atoms with Crippen LogP contribution in [0, 0.1) is 11.6 Å². The molecule has 2 rings (SSSR count). The van der Waals surface area contributed by atoms with E-state index < -0.39 is 11.6 Å². The van der Waals surface area contributed by atoms with Crippen molar-refractivity contribution in [2.45, 2.75) is 19.4 Å². The third-order valence-electron chi connectivity index (χ3n) is 2.98. The molecule has 4 heteroatoms. The summed E-state index contributed by atoms with van der Waals surface area (Å²) in [5, 5.41) is 3.22. The largest absolute Gasteiger partial charge is 0.310 e. The van der Waals surface area contributed by atoms with E-state index in [4.69, 9.17) is 0 Å². The number of hydrogen-bond donors (Lipinski definition) is 1. The van der Waals surface area contributed by atoms with Crippen LogP contribution in [0.5, 0.6) is 0 Å². The Balaban J connectivity index is 2.24. The summed E-state index contributed by atoms with van der Waals surface area (Å²) in [6, 6.07) is 7.33. The summed E-state index contributed by atoms with van der Waals surface area (Å²) in [4.78, 5) is 3.96. The van der Waals surface area contributed by atoms with Gasteiger partial charge in [0.25, 0.3) is 0 Å². The number of pyridine rings is 1. The average molecular weight is 262 g/mol. The maximum absolute atomic E-state index is 13.8. The van der Waals surface area contributed by atoms with E-state index in [0.717, 1.165) is 11.6 Å². The van der Waals surface area contributed by atoms with Gasteiger partial charge in [0.2, 0.25) is 0 Å². The topological polar surface area (TPSA) is 24.9 Å². The Labute approximate surface area is 111 Å². The molecule has 0 fully saturated rings. The highest BCUT2D eigenvalue weighted by atomic mass is 19.1. The molecule has 2 nitrogen and oxygen atoms in total. The fourth-order valence-corrected chi connectivity index (χ4v) is 2.08. The van der Waals surface area contributed by atoms with E-state index in [1.165, 1.54) is 12.1 Å². The monoisotopic (exact) mass is 262 g/mol. The summed E-state index contributed by atoms with van der Waals surface area (Å²) in [5.74, 6) is -1.07. The molecule has 0 aliphatic carbocycles. The van der Waals surface area contributed by atoms with Crippen LogP contribution in [-0.2, 0) is 6.42 Å². The van der Waals surface area contributed by atoms with Crippen molar-refractivity contribution in [1.29, 1.82) is 0 Å². The molecule has 2 aromatic rings. The van der Waals surface area contributed by atoms with Crippen LogP contribution in [0.4, 0.5) is 8.78 Å². The third kappa shape index (κ3) is 3.58. The van der Waals surface area contributed by atoms with E-state index in [1.54, 1.807) is 12.4 Å². The van der Waals surface area contributed by atoms with Crippen molar-refractivity contribution < 1.29 is 8.78 Å². The van der Waals surface area contributed by atoms with Gasteiger partial charge in [0, 0.05) is 30.1 Å². The van der Waals surface area contributed by atoms with Gasteiger partial charge in [-0.25, -0.2) is 8.78 Å². The SMILES string of the molecule is CCNC(Cc1ccncc1)c1ccc(F)cc1F. The highest BCUT2D eigenvalue weighted by Crippen LogP contribution is 2.21. The van der Waals surface area contributed by atoms with E-state index >= 15 is 0 Å². The van der Waals surface area contributed by atoms with Gasteiger partial charge in [0.05, 0.1) is 0 Å². The standard InChI is InChI=1S/C15H16F2N2/c1-2-19-15(9-11-5-7-18-8-6-11)13-4-3-12(16)10-14(13)17/h3-8,10,15,19H,2,9H2,1H3. The first kappa shape index (κ1) is 13.6. The number of benzene rings is 1. The molecule has 1 heterocycles. The zero-order valence-corrected chi connectivity index (χ0v) is 10.7. The molecule has 1 aromatic carbocycles. The van der Waals surface area contributed by atoms with Crippen molar-refractivity contribution in [1.82, 2.24) is 10.3 Å². The van der Waals surface area contributed by atoms with Crippen LogP contribution < -0.4 is 5.32 Å². The molecule has 1 atom stereocenters. The quantitative estimate of drug-likeness (QED) is 0.894. The van der Waals surface area contributed by atoms with Crippen molar-refractivity contribution in [2.75, 3.05) is 6.54 Å². The zero-order valence-electron chi connectivity index (χ0n) is 10.7. The van der Waals surface area contributed by atoms with Crippen LogP contribution in [0.3, 0.4) is 0 Å². The molecule has 0 amide bonds.